The second-order valence-corrected chi connectivity index (χ2v) is 8.03. The Morgan fingerprint density at radius 3 is 2.42 bits per heavy atom. The number of aliphatic carboxylic acids is 1. The fraction of sp³-hybridized carbons (Fsp3) is 0.476. The van der Waals surface area contributed by atoms with E-state index in [1.807, 2.05) is 38.4 Å². The summed E-state index contributed by atoms with van der Waals surface area (Å²) in [6, 6.07) is 4.02. The topological polar surface area (TPSA) is 66.3 Å². The van der Waals surface area contributed by atoms with Crippen LogP contribution in [-0.2, 0) is 11.2 Å². The molecule has 1 fully saturated rings. The molecule has 1 aliphatic heterocycles. The van der Waals surface area contributed by atoms with Gasteiger partial charge in [-0.15, -0.1) is 0 Å². The summed E-state index contributed by atoms with van der Waals surface area (Å²) >= 11 is 0. The number of aryl methyl sites for hydroxylation is 2. The molecule has 5 nitrogen and oxygen atoms in total. The number of pyridine rings is 2. The normalized spacial score (nSPS) is 16.5. The Bertz CT molecular complexity index is 803. The lowest BCUT2D eigenvalue weighted by Gasteiger charge is -2.40. The molecule has 0 unspecified atom stereocenters. The van der Waals surface area contributed by atoms with Gasteiger partial charge in [0.1, 0.15) is 0 Å². The fourth-order valence-electron chi connectivity index (χ4n) is 3.51. The molecule has 0 aliphatic carbocycles. The number of carboxylic acid groups (broad SMARTS) is 1. The van der Waals surface area contributed by atoms with E-state index in [4.69, 9.17) is 0 Å². The molecule has 0 spiro atoms. The van der Waals surface area contributed by atoms with Crippen LogP contribution in [-0.4, -0.2) is 34.1 Å². The van der Waals surface area contributed by atoms with E-state index in [2.05, 4.69) is 28.7 Å². The first-order valence-corrected chi connectivity index (χ1v) is 9.15. The molecule has 26 heavy (non-hydrogen) atoms. The lowest BCUT2D eigenvalue weighted by molar-refractivity contribution is -0.136. The molecular formula is C21H27N3O2. The van der Waals surface area contributed by atoms with Crippen LogP contribution in [0.15, 0.2) is 24.5 Å². The van der Waals surface area contributed by atoms with Crippen molar-refractivity contribution in [3.63, 3.8) is 0 Å². The van der Waals surface area contributed by atoms with E-state index in [1.54, 1.807) is 0 Å². The standard InChI is InChI=1S/C21H27N3O2/c1-14-5-6-18(23-12-14)17-13-22-15(2)16(11-19(25)26)20(17)24-9-7-21(3,4)8-10-24/h5-6,12-13H,7-11H2,1-4H3,(H,25,26). The van der Waals surface area contributed by atoms with E-state index >= 15 is 0 Å². The summed E-state index contributed by atoms with van der Waals surface area (Å²) in [5.74, 6) is -0.831. The van der Waals surface area contributed by atoms with Crippen molar-refractivity contribution < 1.29 is 9.90 Å². The minimum absolute atomic E-state index is 0.0201. The van der Waals surface area contributed by atoms with E-state index in [0.29, 0.717) is 5.41 Å². The van der Waals surface area contributed by atoms with Crippen LogP contribution in [0.4, 0.5) is 5.69 Å². The number of anilines is 1. The predicted molar refractivity (Wildman–Crippen MR) is 104 cm³/mol. The molecule has 1 N–H and O–H groups in total. The van der Waals surface area contributed by atoms with E-state index in [1.165, 1.54) is 0 Å². The van der Waals surface area contributed by atoms with Gasteiger partial charge in [0.25, 0.3) is 0 Å². The third kappa shape index (κ3) is 3.87. The Morgan fingerprint density at radius 2 is 1.85 bits per heavy atom. The van der Waals surface area contributed by atoms with Gasteiger partial charge in [-0.3, -0.25) is 14.8 Å². The highest BCUT2D eigenvalue weighted by Gasteiger charge is 2.29. The molecule has 0 radical (unpaired) electrons. The number of hydrogen-bond donors (Lipinski definition) is 1. The van der Waals surface area contributed by atoms with Crippen LogP contribution in [0.1, 0.15) is 43.5 Å². The Morgan fingerprint density at radius 1 is 1.15 bits per heavy atom. The fourth-order valence-corrected chi connectivity index (χ4v) is 3.51. The Kier molecular flexibility index (Phi) is 4.99. The molecule has 3 rings (SSSR count). The van der Waals surface area contributed by atoms with Crippen LogP contribution in [0.25, 0.3) is 11.3 Å². The first kappa shape index (κ1) is 18.4. The summed E-state index contributed by atoms with van der Waals surface area (Å²) in [5, 5.41) is 9.43. The molecule has 5 heteroatoms. The van der Waals surface area contributed by atoms with E-state index in [0.717, 1.165) is 59.7 Å². The van der Waals surface area contributed by atoms with Gasteiger partial charge in [-0.05, 0) is 43.7 Å². The molecule has 0 bridgehead atoms. The van der Waals surface area contributed by atoms with Crippen molar-refractivity contribution in [3.8, 4) is 11.3 Å². The summed E-state index contributed by atoms with van der Waals surface area (Å²) in [6.45, 7) is 10.3. The van der Waals surface area contributed by atoms with Crippen molar-refractivity contribution in [3.05, 3.63) is 41.3 Å². The number of carboxylic acids is 1. The van der Waals surface area contributed by atoms with Crippen LogP contribution in [0.3, 0.4) is 0 Å². The smallest absolute Gasteiger partial charge is 0.307 e. The van der Waals surface area contributed by atoms with Crippen molar-refractivity contribution in [2.24, 2.45) is 5.41 Å². The number of nitrogens with zero attached hydrogens (tertiary/aromatic N) is 3. The first-order chi connectivity index (χ1) is 12.3. The summed E-state index contributed by atoms with van der Waals surface area (Å²) < 4.78 is 0. The zero-order chi connectivity index (χ0) is 18.9. The number of hydrogen-bond acceptors (Lipinski definition) is 4. The summed E-state index contributed by atoms with van der Waals surface area (Å²) in [5.41, 5.74) is 5.77. The Hall–Kier alpha value is -2.43. The van der Waals surface area contributed by atoms with E-state index in [-0.39, 0.29) is 6.42 Å². The minimum Gasteiger partial charge on any atom is -0.481 e. The summed E-state index contributed by atoms with van der Waals surface area (Å²) in [4.78, 5) is 22.9. The molecule has 3 heterocycles. The third-order valence-electron chi connectivity index (χ3n) is 5.31. The van der Waals surface area contributed by atoms with Crippen molar-refractivity contribution in [1.29, 1.82) is 0 Å². The van der Waals surface area contributed by atoms with Crippen LogP contribution < -0.4 is 4.90 Å². The largest absolute Gasteiger partial charge is 0.481 e. The quantitative estimate of drug-likeness (QED) is 0.899. The number of rotatable bonds is 4. The zero-order valence-electron chi connectivity index (χ0n) is 16.0. The second kappa shape index (κ2) is 7.06. The lowest BCUT2D eigenvalue weighted by atomic mass is 9.82. The van der Waals surface area contributed by atoms with E-state index in [9.17, 15) is 9.90 Å². The third-order valence-corrected chi connectivity index (χ3v) is 5.31. The monoisotopic (exact) mass is 353 g/mol. The van der Waals surface area contributed by atoms with E-state index < -0.39 is 5.97 Å². The van der Waals surface area contributed by atoms with Gasteiger partial charge in [0.2, 0.25) is 0 Å². The van der Waals surface area contributed by atoms with Crippen molar-refractivity contribution >= 4 is 11.7 Å². The second-order valence-electron chi connectivity index (χ2n) is 8.03. The maximum absolute atomic E-state index is 11.5. The molecule has 0 saturated carbocycles. The first-order valence-electron chi connectivity index (χ1n) is 9.15. The van der Waals surface area contributed by atoms with Gasteiger partial charge in [0, 0.05) is 42.3 Å². The van der Waals surface area contributed by atoms with Crippen LogP contribution in [0, 0.1) is 19.3 Å². The van der Waals surface area contributed by atoms with Gasteiger partial charge in [0.15, 0.2) is 0 Å². The maximum Gasteiger partial charge on any atom is 0.307 e. The average Bonchev–Trinajstić information content (AvgIpc) is 2.57. The van der Waals surface area contributed by atoms with Gasteiger partial charge >= 0.3 is 5.97 Å². The molecule has 2 aromatic rings. The Labute approximate surface area is 155 Å². The van der Waals surface area contributed by atoms with Crippen molar-refractivity contribution in [2.75, 3.05) is 18.0 Å². The van der Waals surface area contributed by atoms with Gasteiger partial charge in [-0.1, -0.05) is 19.9 Å². The highest BCUT2D eigenvalue weighted by Crippen LogP contribution is 2.39. The van der Waals surface area contributed by atoms with Crippen molar-refractivity contribution in [2.45, 2.75) is 47.0 Å². The molecule has 138 valence electrons. The van der Waals surface area contributed by atoms with Crippen LogP contribution in [0.5, 0.6) is 0 Å². The molecule has 1 saturated heterocycles. The highest BCUT2D eigenvalue weighted by atomic mass is 16.4. The molecule has 0 aromatic carbocycles. The maximum atomic E-state index is 11.5. The summed E-state index contributed by atoms with van der Waals surface area (Å²) in [7, 11) is 0. The number of piperidine rings is 1. The van der Waals surface area contributed by atoms with Crippen LogP contribution >= 0.6 is 0 Å². The SMILES string of the molecule is Cc1ccc(-c2cnc(C)c(CC(=O)O)c2N2CCC(C)(C)CC2)nc1. The Balaban J connectivity index is 2.12. The van der Waals surface area contributed by atoms with Crippen molar-refractivity contribution in [1.82, 2.24) is 9.97 Å². The molecule has 0 atom stereocenters. The van der Waals surface area contributed by atoms with Gasteiger partial charge in [0.05, 0.1) is 17.8 Å². The van der Waals surface area contributed by atoms with Crippen LogP contribution in [0.2, 0.25) is 0 Å². The zero-order valence-corrected chi connectivity index (χ0v) is 16.0. The molecule has 2 aromatic heterocycles. The average molecular weight is 353 g/mol. The highest BCUT2D eigenvalue weighted by molar-refractivity contribution is 5.83. The molecular weight excluding hydrogens is 326 g/mol. The van der Waals surface area contributed by atoms with Gasteiger partial charge in [-0.2, -0.15) is 0 Å². The van der Waals surface area contributed by atoms with Gasteiger partial charge in [-0.25, -0.2) is 0 Å². The predicted octanol–water partition coefficient (Wildman–Crippen LogP) is 4.01. The number of carbonyl (C=O) groups is 1. The van der Waals surface area contributed by atoms with Gasteiger partial charge < -0.3 is 10.0 Å². The summed E-state index contributed by atoms with van der Waals surface area (Å²) in [6.07, 6.45) is 5.83. The lowest BCUT2D eigenvalue weighted by Crippen LogP contribution is -2.38. The molecule has 1 aliphatic rings. The molecule has 0 amide bonds. The minimum atomic E-state index is -0.831. The number of aromatic nitrogens is 2.